The second-order valence-electron chi connectivity index (χ2n) is 2.70. The fraction of sp³-hybridized carbons (Fsp3) is 1.00. The van der Waals surface area contributed by atoms with Crippen molar-refractivity contribution >= 4 is 0 Å². The number of aliphatic hydroxyl groups is 2. The van der Waals surface area contributed by atoms with Gasteiger partial charge in [-0.05, 0) is 6.42 Å². The van der Waals surface area contributed by atoms with E-state index < -0.39 is 24.6 Å². The molecular formula is C7H15F2NO2. The van der Waals surface area contributed by atoms with Crippen LogP contribution in [0.1, 0.15) is 13.3 Å². The highest BCUT2D eigenvalue weighted by molar-refractivity contribution is 4.77. The van der Waals surface area contributed by atoms with Crippen molar-refractivity contribution in [2.45, 2.75) is 32.0 Å². The van der Waals surface area contributed by atoms with Gasteiger partial charge in [0.05, 0.1) is 12.2 Å². The molecule has 0 saturated carbocycles. The molecule has 3 atom stereocenters. The molecule has 74 valence electrons. The van der Waals surface area contributed by atoms with Gasteiger partial charge in [-0.25, -0.2) is 8.78 Å². The van der Waals surface area contributed by atoms with Crippen LogP contribution in [-0.4, -0.2) is 35.4 Å². The van der Waals surface area contributed by atoms with Crippen LogP contribution < -0.4 is 5.73 Å². The first-order valence-corrected chi connectivity index (χ1v) is 3.88. The van der Waals surface area contributed by atoms with Crippen LogP contribution in [0.3, 0.4) is 0 Å². The largest absolute Gasteiger partial charge is 0.390 e. The Hall–Kier alpha value is -0.260. The summed E-state index contributed by atoms with van der Waals surface area (Å²) in [7, 11) is 0. The summed E-state index contributed by atoms with van der Waals surface area (Å²) in [6, 6.07) is 0. The predicted octanol–water partition coefficient (Wildman–Crippen LogP) is -0.0418. The van der Waals surface area contributed by atoms with Crippen LogP contribution in [0.4, 0.5) is 8.78 Å². The summed E-state index contributed by atoms with van der Waals surface area (Å²) in [5.74, 6) is -1.19. The fourth-order valence-electron chi connectivity index (χ4n) is 0.993. The summed E-state index contributed by atoms with van der Waals surface area (Å²) in [6.07, 6.45) is -5.19. The second kappa shape index (κ2) is 5.40. The number of hydrogen-bond donors (Lipinski definition) is 3. The van der Waals surface area contributed by atoms with Crippen molar-refractivity contribution in [2.75, 3.05) is 6.54 Å². The van der Waals surface area contributed by atoms with Gasteiger partial charge in [0.2, 0.25) is 6.43 Å². The highest BCUT2D eigenvalue weighted by atomic mass is 19.3. The van der Waals surface area contributed by atoms with Crippen molar-refractivity contribution in [3.8, 4) is 0 Å². The van der Waals surface area contributed by atoms with Gasteiger partial charge >= 0.3 is 0 Å². The third-order valence-electron chi connectivity index (χ3n) is 1.87. The maximum absolute atomic E-state index is 12.1. The molecule has 0 unspecified atom stereocenters. The average molecular weight is 183 g/mol. The van der Waals surface area contributed by atoms with Gasteiger partial charge in [0.15, 0.2) is 0 Å². The van der Waals surface area contributed by atoms with Crippen molar-refractivity contribution in [1.29, 1.82) is 0 Å². The summed E-state index contributed by atoms with van der Waals surface area (Å²) in [5.41, 5.74) is 5.01. The van der Waals surface area contributed by atoms with Crippen LogP contribution in [0.15, 0.2) is 0 Å². The zero-order valence-electron chi connectivity index (χ0n) is 6.95. The van der Waals surface area contributed by atoms with Gasteiger partial charge in [-0.3, -0.25) is 0 Å². The first kappa shape index (κ1) is 11.7. The van der Waals surface area contributed by atoms with E-state index in [4.69, 9.17) is 15.9 Å². The van der Waals surface area contributed by atoms with Gasteiger partial charge in [0, 0.05) is 12.5 Å². The quantitative estimate of drug-likeness (QED) is 0.560. The smallest absolute Gasteiger partial charge is 0.243 e. The lowest BCUT2D eigenvalue weighted by Crippen LogP contribution is -2.41. The van der Waals surface area contributed by atoms with E-state index in [1.165, 1.54) is 6.92 Å². The monoisotopic (exact) mass is 183 g/mol. The minimum absolute atomic E-state index is 0.121. The predicted molar refractivity (Wildman–Crippen MR) is 40.9 cm³/mol. The molecule has 0 fully saturated rings. The van der Waals surface area contributed by atoms with Crippen LogP contribution in [0, 0.1) is 5.92 Å². The van der Waals surface area contributed by atoms with E-state index in [9.17, 15) is 8.78 Å². The number of rotatable bonds is 5. The Morgan fingerprint density at radius 1 is 1.33 bits per heavy atom. The lowest BCUT2D eigenvalue weighted by atomic mass is 9.96. The van der Waals surface area contributed by atoms with Crippen molar-refractivity contribution in [3.63, 3.8) is 0 Å². The van der Waals surface area contributed by atoms with Gasteiger partial charge in [-0.2, -0.15) is 0 Å². The molecule has 5 heteroatoms. The van der Waals surface area contributed by atoms with E-state index in [1.807, 2.05) is 0 Å². The number of aliphatic hydroxyl groups excluding tert-OH is 2. The molecule has 0 bridgehead atoms. The molecule has 0 heterocycles. The van der Waals surface area contributed by atoms with E-state index in [2.05, 4.69) is 0 Å². The molecule has 0 aliphatic rings. The van der Waals surface area contributed by atoms with Crippen LogP contribution in [0.25, 0.3) is 0 Å². The molecule has 0 aromatic heterocycles. The molecule has 0 radical (unpaired) electrons. The van der Waals surface area contributed by atoms with Crippen molar-refractivity contribution in [3.05, 3.63) is 0 Å². The highest BCUT2D eigenvalue weighted by Crippen LogP contribution is 2.19. The topological polar surface area (TPSA) is 66.5 Å². The highest BCUT2D eigenvalue weighted by Gasteiger charge is 2.30. The Morgan fingerprint density at radius 2 is 1.83 bits per heavy atom. The summed E-state index contributed by atoms with van der Waals surface area (Å²) in [5, 5.41) is 18.1. The van der Waals surface area contributed by atoms with Crippen LogP contribution >= 0.6 is 0 Å². The minimum Gasteiger partial charge on any atom is -0.390 e. The molecular weight excluding hydrogens is 168 g/mol. The molecule has 0 amide bonds. The summed E-state index contributed by atoms with van der Waals surface area (Å²) < 4.78 is 24.3. The molecule has 0 aliphatic carbocycles. The molecule has 0 aromatic carbocycles. The SMILES string of the molecule is CC[C@H](C(F)F)[C@@H](O)[C@H](O)CN. The van der Waals surface area contributed by atoms with Gasteiger partial charge < -0.3 is 15.9 Å². The first-order valence-electron chi connectivity index (χ1n) is 3.88. The third kappa shape index (κ3) is 3.00. The first-order chi connectivity index (χ1) is 5.54. The van der Waals surface area contributed by atoms with Crippen LogP contribution in [0.2, 0.25) is 0 Å². The molecule has 0 rings (SSSR count). The third-order valence-corrected chi connectivity index (χ3v) is 1.87. The molecule has 0 spiro atoms. The van der Waals surface area contributed by atoms with Gasteiger partial charge in [0.25, 0.3) is 0 Å². The van der Waals surface area contributed by atoms with Gasteiger partial charge in [0.1, 0.15) is 0 Å². The number of nitrogens with two attached hydrogens (primary N) is 1. The maximum Gasteiger partial charge on any atom is 0.243 e. The zero-order valence-corrected chi connectivity index (χ0v) is 6.95. The van der Waals surface area contributed by atoms with E-state index in [0.29, 0.717) is 0 Å². The normalized spacial score (nSPS) is 19.2. The van der Waals surface area contributed by atoms with E-state index in [0.717, 1.165) is 0 Å². The Labute approximate surface area is 70.2 Å². The van der Waals surface area contributed by atoms with Crippen LogP contribution in [0.5, 0.6) is 0 Å². The van der Waals surface area contributed by atoms with Gasteiger partial charge in [-0.1, -0.05) is 6.92 Å². The molecule has 3 nitrogen and oxygen atoms in total. The molecule has 0 aliphatic heterocycles. The Morgan fingerprint density at radius 3 is 2.08 bits per heavy atom. The lowest BCUT2D eigenvalue weighted by molar-refractivity contribution is -0.0668. The Balaban J connectivity index is 4.10. The number of halogens is 2. The average Bonchev–Trinajstić information content (AvgIpc) is 2.03. The standard InChI is InChI=1S/C7H15F2NO2/c1-2-4(7(8)9)6(12)5(11)3-10/h4-7,11-12H,2-3,10H2,1H3/t4-,5+,6+/m0/s1. The fourth-order valence-corrected chi connectivity index (χ4v) is 0.993. The molecule has 12 heavy (non-hydrogen) atoms. The van der Waals surface area contributed by atoms with Crippen LogP contribution in [-0.2, 0) is 0 Å². The van der Waals surface area contributed by atoms with Gasteiger partial charge in [-0.15, -0.1) is 0 Å². The molecule has 4 N–H and O–H groups in total. The van der Waals surface area contributed by atoms with Crippen molar-refractivity contribution in [1.82, 2.24) is 0 Å². The molecule has 0 aromatic rings. The summed E-state index contributed by atoms with van der Waals surface area (Å²) >= 11 is 0. The summed E-state index contributed by atoms with van der Waals surface area (Å²) in [4.78, 5) is 0. The summed E-state index contributed by atoms with van der Waals surface area (Å²) in [6.45, 7) is 1.33. The molecule has 0 saturated heterocycles. The zero-order chi connectivity index (χ0) is 9.72. The number of alkyl halides is 2. The minimum atomic E-state index is -2.62. The second-order valence-corrected chi connectivity index (χ2v) is 2.70. The Kier molecular flexibility index (Phi) is 5.28. The van der Waals surface area contributed by atoms with E-state index in [1.54, 1.807) is 0 Å². The van der Waals surface area contributed by atoms with E-state index >= 15 is 0 Å². The van der Waals surface area contributed by atoms with Crippen molar-refractivity contribution < 1.29 is 19.0 Å². The number of hydrogen-bond acceptors (Lipinski definition) is 3. The van der Waals surface area contributed by atoms with E-state index in [-0.39, 0.29) is 13.0 Å². The lowest BCUT2D eigenvalue weighted by Gasteiger charge is -2.24. The maximum atomic E-state index is 12.1. The Bertz CT molecular complexity index is 124. The van der Waals surface area contributed by atoms with Crippen molar-refractivity contribution in [2.24, 2.45) is 11.7 Å².